The quantitative estimate of drug-likeness (QED) is 0.572. The largest absolute Gasteiger partial charge is 0.456 e. The monoisotopic (exact) mass is 407 g/mol. The molecule has 1 fully saturated rings. The minimum absolute atomic E-state index is 0.0756. The lowest BCUT2D eigenvalue weighted by Gasteiger charge is -2.22. The van der Waals surface area contributed by atoms with Crippen LogP contribution in [0.3, 0.4) is 0 Å². The number of hydrogen-bond acceptors (Lipinski definition) is 7. The summed E-state index contributed by atoms with van der Waals surface area (Å²) in [5, 5.41) is 0. The molecule has 1 aliphatic rings. The molecule has 3 aromatic rings. The zero-order chi connectivity index (χ0) is 20.8. The van der Waals surface area contributed by atoms with E-state index in [1.54, 1.807) is 23.4 Å². The van der Waals surface area contributed by atoms with Gasteiger partial charge in [-0.25, -0.2) is 14.6 Å². The molecule has 1 saturated heterocycles. The van der Waals surface area contributed by atoms with E-state index in [4.69, 9.17) is 13.9 Å². The summed E-state index contributed by atoms with van der Waals surface area (Å²) in [4.78, 5) is 34.8. The maximum Gasteiger partial charge on any atom is 0.410 e. The number of oxazole rings is 1. The lowest BCUT2D eigenvalue weighted by atomic mass is 10.1. The first-order valence-electron chi connectivity index (χ1n) is 9.69. The Hall–Kier alpha value is -3.68. The maximum absolute atomic E-state index is 12.6. The van der Waals surface area contributed by atoms with E-state index in [0.29, 0.717) is 18.7 Å². The second-order valence-electron chi connectivity index (χ2n) is 6.89. The zero-order valence-corrected chi connectivity index (χ0v) is 16.3. The Bertz CT molecular complexity index is 990. The van der Waals surface area contributed by atoms with Crippen LogP contribution in [0.15, 0.2) is 65.7 Å². The van der Waals surface area contributed by atoms with E-state index in [9.17, 15) is 9.59 Å². The first kappa shape index (κ1) is 19.6. The predicted octanol–water partition coefficient (Wildman–Crippen LogP) is 3.90. The number of rotatable bonds is 6. The summed E-state index contributed by atoms with van der Waals surface area (Å²) >= 11 is 0. The Kier molecular flexibility index (Phi) is 6.03. The van der Waals surface area contributed by atoms with Crippen molar-refractivity contribution in [3.8, 4) is 0 Å². The van der Waals surface area contributed by atoms with Crippen LogP contribution in [0.4, 0.5) is 4.79 Å². The standard InChI is InChI=1S/C22H21N3O5/c26-21(28-14-17-8-4-10-23-12-17)19-20(30-15-24-19)18-9-5-11-25(18)22(27)29-13-16-6-2-1-3-7-16/h1-4,6-8,10,12,15,18H,5,9,11,13-14H2. The number of esters is 1. The number of benzene rings is 1. The molecule has 4 rings (SSSR count). The van der Waals surface area contributed by atoms with Crippen LogP contribution in [0.5, 0.6) is 0 Å². The molecule has 0 bridgehead atoms. The lowest BCUT2D eigenvalue weighted by Crippen LogP contribution is -2.31. The summed E-state index contributed by atoms with van der Waals surface area (Å²) in [5.74, 6) is -0.285. The molecule has 30 heavy (non-hydrogen) atoms. The van der Waals surface area contributed by atoms with Gasteiger partial charge in [-0.05, 0) is 24.5 Å². The van der Waals surface area contributed by atoms with Crippen LogP contribution in [0.25, 0.3) is 0 Å². The molecule has 1 unspecified atom stereocenters. The number of carbonyl (C=O) groups excluding carboxylic acids is 2. The van der Waals surface area contributed by atoms with E-state index in [1.165, 1.54) is 6.39 Å². The summed E-state index contributed by atoms with van der Waals surface area (Å²) in [5.41, 5.74) is 1.75. The maximum atomic E-state index is 12.6. The van der Waals surface area contributed by atoms with Crippen LogP contribution < -0.4 is 0 Å². The Labute approximate surface area is 173 Å². The van der Waals surface area contributed by atoms with Crippen molar-refractivity contribution in [2.45, 2.75) is 32.1 Å². The fourth-order valence-corrected chi connectivity index (χ4v) is 3.41. The highest BCUT2D eigenvalue weighted by atomic mass is 16.6. The van der Waals surface area contributed by atoms with Crippen molar-refractivity contribution in [1.82, 2.24) is 14.9 Å². The van der Waals surface area contributed by atoms with Gasteiger partial charge in [-0.1, -0.05) is 36.4 Å². The van der Waals surface area contributed by atoms with E-state index in [2.05, 4.69) is 9.97 Å². The van der Waals surface area contributed by atoms with Crippen LogP contribution >= 0.6 is 0 Å². The van der Waals surface area contributed by atoms with Gasteiger partial charge in [0.1, 0.15) is 13.2 Å². The second-order valence-corrected chi connectivity index (χ2v) is 6.89. The number of carbonyl (C=O) groups is 2. The van der Waals surface area contributed by atoms with Crippen LogP contribution in [0, 0.1) is 0 Å². The van der Waals surface area contributed by atoms with Crippen molar-refractivity contribution in [1.29, 1.82) is 0 Å². The van der Waals surface area contributed by atoms with Crippen LogP contribution in [-0.4, -0.2) is 33.5 Å². The molecule has 3 heterocycles. The molecule has 1 atom stereocenters. The Balaban J connectivity index is 1.41. The van der Waals surface area contributed by atoms with Gasteiger partial charge in [-0.2, -0.15) is 0 Å². The molecule has 1 amide bonds. The molecule has 0 radical (unpaired) electrons. The molecule has 154 valence electrons. The molecule has 0 aliphatic carbocycles. The van der Waals surface area contributed by atoms with Gasteiger partial charge < -0.3 is 13.9 Å². The third-order valence-corrected chi connectivity index (χ3v) is 4.88. The number of ether oxygens (including phenoxy) is 2. The van der Waals surface area contributed by atoms with Gasteiger partial charge in [0.05, 0.1) is 6.04 Å². The van der Waals surface area contributed by atoms with Gasteiger partial charge in [0.2, 0.25) is 0 Å². The number of amides is 1. The van der Waals surface area contributed by atoms with Crippen LogP contribution in [0.2, 0.25) is 0 Å². The van der Waals surface area contributed by atoms with Gasteiger partial charge in [0.25, 0.3) is 0 Å². The molecule has 8 nitrogen and oxygen atoms in total. The smallest absolute Gasteiger partial charge is 0.410 e. The van der Waals surface area contributed by atoms with Crippen molar-refractivity contribution in [3.05, 3.63) is 83.8 Å². The highest BCUT2D eigenvalue weighted by Gasteiger charge is 2.37. The number of likely N-dealkylation sites (tertiary alicyclic amines) is 1. The third-order valence-electron chi connectivity index (χ3n) is 4.88. The fraction of sp³-hybridized carbons (Fsp3) is 0.273. The van der Waals surface area contributed by atoms with E-state index < -0.39 is 18.1 Å². The minimum atomic E-state index is -0.605. The molecular weight excluding hydrogens is 386 g/mol. The van der Waals surface area contributed by atoms with Crippen molar-refractivity contribution in [2.24, 2.45) is 0 Å². The number of hydrogen-bond donors (Lipinski definition) is 0. The molecule has 0 spiro atoms. The van der Waals surface area contributed by atoms with E-state index in [-0.39, 0.29) is 18.9 Å². The minimum Gasteiger partial charge on any atom is -0.456 e. The van der Waals surface area contributed by atoms with Gasteiger partial charge in [-0.3, -0.25) is 9.88 Å². The molecule has 1 aromatic carbocycles. The topological polar surface area (TPSA) is 94.8 Å². The normalized spacial score (nSPS) is 15.7. The Morgan fingerprint density at radius 1 is 1.07 bits per heavy atom. The Morgan fingerprint density at radius 2 is 1.87 bits per heavy atom. The number of aromatic nitrogens is 2. The first-order valence-corrected chi connectivity index (χ1v) is 9.69. The fourth-order valence-electron chi connectivity index (χ4n) is 3.41. The lowest BCUT2D eigenvalue weighted by molar-refractivity contribution is 0.0457. The summed E-state index contributed by atoms with van der Waals surface area (Å²) in [7, 11) is 0. The SMILES string of the molecule is O=C(OCc1cccnc1)c1ncoc1C1CCCN1C(=O)OCc1ccccc1. The van der Waals surface area contributed by atoms with E-state index >= 15 is 0 Å². The molecule has 0 N–H and O–H groups in total. The summed E-state index contributed by atoms with van der Waals surface area (Å²) in [6.45, 7) is 0.773. The van der Waals surface area contributed by atoms with E-state index in [1.807, 2.05) is 36.4 Å². The average Bonchev–Trinajstić information content (AvgIpc) is 3.46. The van der Waals surface area contributed by atoms with Crippen molar-refractivity contribution in [3.63, 3.8) is 0 Å². The first-order chi connectivity index (χ1) is 14.7. The number of nitrogens with zero attached hydrogens (tertiary/aromatic N) is 3. The van der Waals surface area contributed by atoms with Crippen molar-refractivity contribution < 1.29 is 23.5 Å². The molecule has 2 aromatic heterocycles. The van der Waals surface area contributed by atoms with Crippen LogP contribution in [0.1, 0.15) is 46.3 Å². The molecule has 1 aliphatic heterocycles. The van der Waals surface area contributed by atoms with Gasteiger partial charge in [0.15, 0.2) is 17.8 Å². The predicted molar refractivity (Wildman–Crippen MR) is 105 cm³/mol. The third kappa shape index (κ3) is 4.48. The van der Waals surface area contributed by atoms with Gasteiger partial charge in [0, 0.05) is 24.5 Å². The zero-order valence-electron chi connectivity index (χ0n) is 16.3. The Morgan fingerprint density at radius 3 is 2.67 bits per heavy atom. The van der Waals surface area contributed by atoms with E-state index in [0.717, 1.165) is 17.5 Å². The second kappa shape index (κ2) is 9.21. The van der Waals surface area contributed by atoms with Crippen molar-refractivity contribution >= 4 is 12.1 Å². The van der Waals surface area contributed by atoms with Gasteiger partial charge >= 0.3 is 12.1 Å². The highest BCUT2D eigenvalue weighted by Crippen LogP contribution is 2.34. The summed E-state index contributed by atoms with van der Waals surface area (Å²) < 4.78 is 16.3. The molecular formula is C22H21N3O5. The van der Waals surface area contributed by atoms with Crippen LogP contribution in [-0.2, 0) is 22.7 Å². The van der Waals surface area contributed by atoms with Crippen molar-refractivity contribution in [2.75, 3.05) is 6.54 Å². The number of pyridine rings is 1. The molecule has 0 saturated carbocycles. The average molecular weight is 407 g/mol. The highest BCUT2D eigenvalue weighted by molar-refractivity contribution is 5.88. The summed E-state index contributed by atoms with van der Waals surface area (Å²) in [6, 6.07) is 12.6. The molecule has 8 heteroatoms. The summed E-state index contributed by atoms with van der Waals surface area (Å²) in [6.07, 6.45) is 5.44. The van der Waals surface area contributed by atoms with Gasteiger partial charge in [-0.15, -0.1) is 0 Å².